The number of carbonyl (C=O) groups excluding carboxylic acids is 3. The van der Waals surface area contributed by atoms with E-state index in [4.69, 9.17) is 14.6 Å². The Hall–Kier alpha value is -12.3. The van der Waals surface area contributed by atoms with Gasteiger partial charge in [-0.3, -0.25) is 19.3 Å². The Kier molecular flexibility index (Phi) is 35.4. The molecule has 6 atom stereocenters. The first-order chi connectivity index (χ1) is 59.0. The minimum atomic E-state index is -0.889. The lowest BCUT2D eigenvalue weighted by molar-refractivity contribution is -0.153. The highest BCUT2D eigenvalue weighted by molar-refractivity contribution is 7.22. The fraction of sp³-hybridized carbons (Fsp3) is 0.296. The molecular formula is C108H121NO13S. The van der Waals surface area contributed by atoms with E-state index in [1.165, 1.54) is 76.2 Å². The maximum atomic E-state index is 13.7. The van der Waals surface area contributed by atoms with Crippen LogP contribution in [0.1, 0.15) is 179 Å². The van der Waals surface area contributed by atoms with Crippen LogP contribution in [0, 0.1) is 49.9 Å². The summed E-state index contributed by atoms with van der Waals surface area (Å²) in [5.74, 6) is 0.985. The molecule has 13 rings (SSSR count). The molecule has 1 aliphatic heterocycles. The Morgan fingerprint density at radius 2 is 1.20 bits per heavy atom. The second kappa shape index (κ2) is 46.1. The topological polar surface area (TPSA) is 232 Å². The molecule has 1 aromatic heterocycles. The molecule has 1 saturated heterocycles. The van der Waals surface area contributed by atoms with E-state index in [2.05, 4.69) is 128 Å². The molecule has 9 aromatic carbocycles. The summed E-state index contributed by atoms with van der Waals surface area (Å²) < 4.78 is 12.6. The number of hydrogen-bond donors (Lipinski definition) is 7. The van der Waals surface area contributed by atoms with Gasteiger partial charge in [0.2, 0.25) is 0 Å². The number of phenolic OH excluding ortho intramolecular Hbond substituents is 6. The average Bonchev–Trinajstić information content (AvgIpc) is 1.38. The third kappa shape index (κ3) is 26.8. The molecule has 123 heavy (non-hydrogen) atoms. The first-order valence-electron chi connectivity index (χ1n) is 42.8. The van der Waals surface area contributed by atoms with Crippen molar-refractivity contribution in [1.29, 1.82) is 0 Å². The highest BCUT2D eigenvalue weighted by Crippen LogP contribution is 2.56. The van der Waals surface area contributed by atoms with Gasteiger partial charge in [0.15, 0.2) is 11.6 Å². The Labute approximate surface area is 731 Å². The fourth-order valence-corrected chi connectivity index (χ4v) is 17.5. The number of nitrogens with zero attached hydrogens (tertiary/aromatic N) is 1. The number of hydrogen-bond acceptors (Lipinski definition) is 14. The zero-order valence-electron chi connectivity index (χ0n) is 72.9. The largest absolute Gasteiger partial charge is 0.508 e. The molecule has 10 aromatic rings. The van der Waals surface area contributed by atoms with Gasteiger partial charge in [-0.2, -0.15) is 0 Å². The average molecular weight is 1670 g/mol. The van der Waals surface area contributed by atoms with Gasteiger partial charge >= 0.3 is 11.9 Å². The first-order valence-corrected chi connectivity index (χ1v) is 43.6. The Balaban J connectivity index is 0.000000179. The predicted molar refractivity (Wildman–Crippen MR) is 505 cm³/mol. The molecule has 2 fully saturated rings. The highest BCUT2D eigenvalue weighted by Gasteiger charge is 2.55. The number of aliphatic carboxylic acids is 1. The Bertz CT molecular complexity index is 5350. The molecular weight excluding hydrogens is 1550 g/mol. The van der Waals surface area contributed by atoms with Gasteiger partial charge < -0.3 is 45.2 Å². The SMILES string of the molecule is C=C(C)[C@H]1CC(=O)C=C2[C@H](OC(=O)/C=C/C=C/C(C)CC(C)CC)CC[C@H](C(=O)O)[C@]21C.C=CCc1ccc(O)c(-c2ccc(O)c(CC=C)c2)c1.CC/C(=C(/CC)c1ccc(O)cc1)c1ccc(C)cc1.Cc1cc(O)cc(/C=C/c2ccc(O)cc2)c1.Cc1ccc(-c2sc3cc(O)ccc3c2C(=O)c2ccc(OCCN3CCCCC3)cc2)cc1. The van der Waals surface area contributed by atoms with Gasteiger partial charge in [-0.15, -0.1) is 24.5 Å². The zero-order chi connectivity index (χ0) is 88.9. The molecule has 642 valence electrons. The van der Waals surface area contributed by atoms with Gasteiger partial charge in [0.1, 0.15) is 53.0 Å². The van der Waals surface area contributed by atoms with Gasteiger partial charge in [-0.25, -0.2) is 4.79 Å². The summed E-state index contributed by atoms with van der Waals surface area (Å²) in [6, 6.07) is 60.4. The summed E-state index contributed by atoms with van der Waals surface area (Å²) in [7, 11) is 0. The van der Waals surface area contributed by atoms with E-state index < -0.39 is 29.4 Å². The Morgan fingerprint density at radius 1 is 0.610 bits per heavy atom. The molecule has 0 radical (unpaired) electrons. The van der Waals surface area contributed by atoms with Crippen LogP contribution < -0.4 is 4.74 Å². The highest BCUT2D eigenvalue weighted by atomic mass is 32.1. The standard InChI is InChI=1S/C29H29NO3S.C27H38O5.C19H22O.C18H18O2.C15H14O2/c1-20-5-7-22(8-6-20)29-27(25-14-11-23(31)19-26(25)34-29)28(32)21-9-12-24(13-10-21)33-18-17-30-15-3-2-4-16-30;1-7-18(4)14-19(5)10-8-9-11-25(29)32-24-13-12-21(26(30)31)27(6)22(17(2)3)15-20(28)16-23(24)27;1-4-18(15-8-6-14(3)7-9-15)19(5-2)16-10-12-17(20)13-11-16;1-3-5-13-7-9-18(20)16(11-13)14-8-10-17(19)15(12-14)6-4-2;1-11-8-13(10-15(17)9-11)3-2-12-4-6-14(16)7-5-12/h5-14,19,31H,2-4,15-18H2,1H3;8-11,16,18-19,21-22,24H,2,7,12-15H2,1,3-6H3,(H,30,31);6-13,20H,4-5H2,1-3H3;3-4,7-12,19-20H,1-2,5-6H2;2-10,16-17H,1H3/b;10-8+,11-9+;19-18+;;3-2+/t;18?,19?,21-,22-,24-,27+;;;/m.1.../s1. The van der Waals surface area contributed by atoms with E-state index in [1.54, 1.807) is 78.9 Å². The van der Waals surface area contributed by atoms with Crippen LogP contribution in [0.25, 0.3) is 55.0 Å². The summed E-state index contributed by atoms with van der Waals surface area (Å²) in [5.41, 5.74) is 17.1. The van der Waals surface area contributed by atoms with Gasteiger partial charge in [-0.1, -0.05) is 211 Å². The van der Waals surface area contributed by atoms with Crippen molar-refractivity contribution in [3.05, 3.63) is 329 Å². The second-order valence-corrected chi connectivity index (χ2v) is 33.6. The van der Waals surface area contributed by atoms with E-state index in [-0.39, 0.29) is 52.7 Å². The van der Waals surface area contributed by atoms with Crippen molar-refractivity contribution < 1.29 is 64.4 Å². The summed E-state index contributed by atoms with van der Waals surface area (Å²) in [5, 5.41) is 68.6. The number of phenols is 6. The van der Waals surface area contributed by atoms with Crippen LogP contribution in [0.15, 0.2) is 268 Å². The number of aryl methyl sites for hydroxylation is 3. The normalized spacial score (nSPS) is 16.9. The number of rotatable bonds is 27. The molecule has 2 unspecified atom stereocenters. The summed E-state index contributed by atoms with van der Waals surface area (Å²) in [6.07, 6.45) is 25.8. The van der Waals surface area contributed by atoms with Crippen LogP contribution in [0.3, 0.4) is 0 Å². The van der Waals surface area contributed by atoms with Gasteiger partial charge in [0.25, 0.3) is 0 Å². The third-order valence-corrected chi connectivity index (χ3v) is 24.2. The first kappa shape index (κ1) is 94.5. The van der Waals surface area contributed by atoms with E-state index in [9.17, 15) is 49.8 Å². The number of allylic oxidation sites excluding steroid dienone is 9. The predicted octanol–water partition coefficient (Wildman–Crippen LogP) is 25.6. The van der Waals surface area contributed by atoms with Crippen molar-refractivity contribution in [2.45, 2.75) is 152 Å². The molecule has 0 spiro atoms. The van der Waals surface area contributed by atoms with Crippen LogP contribution in [-0.4, -0.2) is 96.5 Å². The number of carbonyl (C=O) groups is 4. The molecule has 0 amide bonds. The number of carboxylic acid groups (broad SMARTS) is 1. The van der Waals surface area contributed by atoms with Crippen LogP contribution in [0.5, 0.6) is 40.2 Å². The van der Waals surface area contributed by atoms with E-state index >= 15 is 0 Å². The van der Waals surface area contributed by atoms with Crippen LogP contribution in [0.4, 0.5) is 0 Å². The number of likely N-dealkylation sites (tertiary alicyclic amines) is 1. The van der Waals surface area contributed by atoms with Crippen molar-refractivity contribution in [2.24, 2.45) is 29.1 Å². The third-order valence-electron chi connectivity index (χ3n) is 23.0. The number of ketones is 2. The van der Waals surface area contributed by atoms with Crippen LogP contribution in [-0.2, 0) is 32.0 Å². The van der Waals surface area contributed by atoms with E-state index in [1.807, 2.05) is 124 Å². The van der Waals surface area contributed by atoms with Gasteiger partial charge in [0, 0.05) is 56.1 Å². The summed E-state index contributed by atoms with van der Waals surface area (Å²) in [4.78, 5) is 54.0. The lowest BCUT2D eigenvalue weighted by atomic mass is 9.53. The minimum absolute atomic E-state index is 0.0209. The van der Waals surface area contributed by atoms with Gasteiger partial charge in [-0.05, 0) is 292 Å². The number of aromatic hydroxyl groups is 6. The summed E-state index contributed by atoms with van der Waals surface area (Å²) >= 11 is 1.54. The monoisotopic (exact) mass is 1670 g/mol. The van der Waals surface area contributed by atoms with E-state index in [0.29, 0.717) is 60.2 Å². The van der Waals surface area contributed by atoms with Crippen molar-refractivity contribution in [3.8, 4) is 61.8 Å². The molecule has 7 N–H and O–H groups in total. The molecule has 0 bridgehead atoms. The number of fused-ring (bicyclic) bond motifs is 2. The molecule has 15 heteroatoms. The van der Waals surface area contributed by atoms with Crippen LogP contribution >= 0.6 is 11.3 Å². The number of ether oxygens (including phenoxy) is 2. The van der Waals surface area contributed by atoms with Crippen molar-refractivity contribution in [1.82, 2.24) is 4.90 Å². The molecule has 14 nitrogen and oxygen atoms in total. The molecule has 2 aliphatic carbocycles. The number of piperidine rings is 1. The van der Waals surface area contributed by atoms with Gasteiger partial charge in [0.05, 0.1) is 5.92 Å². The van der Waals surface area contributed by atoms with E-state index in [0.717, 1.165) is 123 Å². The fourth-order valence-electron chi connectivity index (χ4n) is 16.3. The maximum absolute atomic E-state index is 13.7. The zero-order valence-corrected chi connectivity index (χ0v) is 73.7. The lowest BCUT2D eigenvalue weighted by Gasteiger charge is -2.51. The molecule has 3 aliphatic rings. The maximum Gasteiger partial charge on any atom is 0.331 e. The number of esters is 1. The van der Waals surface area contributed by atoms with Crippen molar-refractivity contribution in [3.63, 3.8) is 0 Å². The number of carboxylic acids is 1. The number of thiophene rings is 1. The lowest BCUT2D eigenvalue weighted by Crippen LogP contribution is -2.51. The second-order valence-electron chi connectivity index (χ2n) is 32.6. The Morgan fingerprint density at radius 3 is 1.81 bits per heavy atom. The molecule has 2 heterocycles. The number of benzene rings is 9. The summed E-state index contributed by atoms with van der Waals surface area (Å²) in [6.45, 7) is 36.1. The minimum Gasteiger partial charge on any atom is -0.508 e. The van der Waals surface area contributed by atoms with Crippen LogP contribution in [0.2, 0.25) is 0 Å². The van der Waals surface area contributed by atoms with Crippen molar-refractivity contribution in [2.75, 3.05) is 26.2 Å². The smallest absolute Gasteiger partial charge is 0.331 e. The van der Waals surface area contributed by atoms with Crippen molar-refractivity contribution >= 4 is 68.2 Å². The quantitative estimate of drug-likeness (QED) is 0.00634. The molecule has 1 saturated carbocycles.